The first-order valence-corrected chi connectivity index (χ1v) is 5.81. The summed E-state index contributed by atoms with van der Waals surface area (Å²) in [7, 11) is 1.84. The number of amides is 1. The molecule has 0 spiro atoms. The molecule has 0 atom stereocenters. The van der Waals surface area contributed by atoms with Crippen LogP contribution in [0.25, 0.3) is 0 Å². The van der Waals surface area contributed by atoms with Gasteiger partial charge >= 0.3 is 0 Å². The first kappa shape index (κ1) is 13.3. The van der Waals surface area contributed by atoms with Crippen LogP contribution in [-0.2, 0) is 11.3 Å². The number of nitrogen functional groups attached to an aromatic ring is 1. The number of nitrogens with one attached hydrogen (secondary N) is 1. The molecule has 6 heteroatoms. The van der Waals surface area contributed by atoms with Gasteiger partial charge in [0.15, 0.2) is 5.82 Å². The van der Waals surface area contributed by atoms with Crippen LogP contribution in [0, 0.1) is 6.92 Å². The summed E-state index contributed by atoms with van der Waals surface area (Å²) >= 11 is 0. The largest absolute Gasteiger partial charge is 0.394 e. The van der Waals surface area contributed by atoms with Crippen molar-refractivity contribution in [2.24, 2.45) is 0 Å². The van der Waals surface area contributed by atoms with Gasteiger partial charge in [-0.1, -0.05) is 0 Å². The fourth-order valence-corrected chi connectivity index (χ4v) is 1.75. The molecule has 0 aliphatic carbocycles. The molecule has 0 unspecified atom stereocenters. The van der Waals surface area contributed by atoms with Crippen LogP contribution in [0.2, 0.25) is 0 Å². The zero-order valence-corrected chi connectivity index (χ0v) is 10.9. The van der Waals surface area contributed by atoms with Gasteiger partial charge in [0, 0.05) is 20.1 Å². The fourth-order valence-electron chi connectivity index (χ4n) is 1.75. The summed E-state index contributed by atoms with van der Waals surface area (Å²) in [5, 5.41) is 7.08. The minimum atomic E-state index is -0.0177. The standard InChI is InChI=1S/C11H21N5O/c1-5-13-9(17)7-15(4)11-10(12)8(3)14-16(11)6-2/h5-7,12H2,1-4H3,(H,13,17). The lowest BCUT2D eigenvalue weighted by molar-refractivity contribution is -0.119. The maximum atomic E-state index is 11.5. The van der Waals surface area contributed by atoms with Crippen molar-refractivity contribution in [1.82, 2.24) is 15.1 Å². The Morgan fingerprint density at radius 2 is 2.18 bits per heavy atom. The summed E-state index contributed by atoms with van der Waals surface area (Å²) in [6, 6.07) is 0. The average molecular weight is 239 g/mol. The molecule has 3 N–H and O–H groups in total. The van der Waals surface area contributed by atoms with Crippen molar-refractivity contribution >= 4 is 17.4 Å². The van der Waals surface area contributed by atoms with Crippen molar-refractivity contribution in [3.63, 3.8) is 0 Å². The van der Waals surface area contributed by atoms with Crippen molar-refractivity contribution in [3.05, 3.63) is 5.69 Å². The van der Waals surface area contributed by atoms with E-state index in [1.807, 2.05) is 37.4 Å². The van der Waals surface area contributed by atoms with E-state index in [2.05, 4.69) is 10.4 Å². The van der Waals surface area contributed by atoms with Gasteiger partial charge in [-0.15, -0.1) is 0 Å². The summed E-state index contributed by atoms with van der Waals surface area (Å²) in [4.78, 5) is 13.3. The lowest BCUT2D eigenvalue weighted by Gasteiger charge is -2.20. The van der Waals surface area contributed by atoms with Crippen LogP contribution in [-0.4, -0.2) is 35.8 Å². The third-order valence-electron chi connectivity index (χ3n) is 2.56. The second-order valence-electron chi connectivity index (χ2n) is 3.95. The second kappa shape index (κ2) is 5.56. The molecule has 0 bridgehead atoms. The van der Waals surface area contributed by atoms with Gasteiger partial charge in [-0.2, -0.15) is 5.10 Å². The number of aryl methyl sites for hydroxylation is 2. The van der Waals surface area contributed by atoms with Crippen molar-refractivity contribution in [1.29, 1.82) is 0 Å². The number of hydrogen-bond acceptors (Lipinski definition) is 4. The number of hydrogen-bond donors (Lipinski definition) is 2. The Hall–Kier alpha value is -1.72. The molecule has 96 valence electrons. The quantitative estimate of drug-likeness (QED) is 0.778. The van der Waals surface area contributed by atoms with Crippen molar-refractivity contribution < 1.29 is 4.79 Å². The van der Waals surface area contributed by atoms with Crippen LogP contribution in [0.3, 0.4) is 0 Å². The highest BCUT2D eigenvalue weighted by Crippen LogP contribution is 2.25. The number of nitrogens with two attached hydrogens (primary N) is 1. The van der Waals surface area contributed by atoms with E-state index in [1.165, 1.54) is 0 Å². The van der Waals surface area contributed by atoms with E-state index in [-0.39, 0.29) is 12.5 Å². The Bertz CT molecular complexity index is 399. The summed E-state index contributed by atoms with van der Waals surface area (Å²) in [6.07, 6.45) is 0. The third kappa shape index (κ3) is 2.89. The molecule has 0 aliphatic rings. The molecule has 1 rings (SSSR count). The SMILES string of the molecule is CCNC(=O)CN(C)c1c(N)c(C)nn1CC. The Morgan fingerprint density at radius 3 is 2.71 bits per heavy atom. The second-order valence-corrected chi connectivity index (χ2v) is 3.95. The number of aromatic nitrogens is 2. The van der Waals surface area contributed by atoms with Crippen LogP contribution >= 0.6 is 0 Å². The molecular weight excluding hydrogens is 218 g/mol. The predicted molar refractivity (Wildman–Crippen MR) is 69.0 cm³/mol. The van der Waals surface area contributed by atoms with Crippen LogP contribution < -0.4 is 16.0 Å². The lowest BCUT2D eigenvalue weighted by Crippen LogP contribution is -2.36. The van der Waals surface area contributed by atoms with Crippen LogP contribution in [0.15, 0.2) is 0 Å². The smallest absolute Gasteiger partial charge is 0.239 e. The molecule has 0 saturated heterocycles. The molecule has 1 heterocycles. The third-order valence-corrected chi connectivity index (χ3v) is 2.56. The van der Waals surface area contributed by atoms with Gasteiger partial charge in [0.1, 0.15) is 0 Å². The highest BCUT2D eigenvalue weighted by atomic mass is 16.2. The van der Waals surface area contributed by atoms with E-state index >= 15 is 0 Å². The number of carbonyl (C=O) groups is 1. The number of anilines is 2. The van der Waals surface area contributed by atoms with Gasteiger partial charge in [0.2, 0.25) is 5.91 Å². The van der Waals surface area contributed by atoms with Crippen molar-refractivity contribution in [2.45, 2.75) is 27.3 Å². The highest BCUT2D eigenvalue weighted by molar-refractivity contribution is 5.82. The van der Waals surface area contributed by atoms with Crippen LogP contribution in [0.4, 0.5) is 11.5 Å². The fraction of sp³-hybridized carbons (Fsp3) is 0.636. The van der Waals surface area contributed by atoms with Gasteiger partial charge in [0.05, 0.1) is 17.9 Å². The zero-order valence-electron chi connectivity index (χ0n) is 10.9. The topological polar surface area (TPSA) is 76.2 Å². The van der Waals surface area contributed by atoms with E-state index < -0.39 is 0 Å². The van der Waals surface area contributed by atoms with Crippen LogP contribution in [0.5, 0.6) is 0 Å². The first-order valence-electron chi connectivity index (χ1n) is 5.81. The van der Waals surface area contributed by atoms with Crippen molar-refractivity contribution in [2.75, 3.05) is 30.8 Å². The molecule has 6 nitrogen and oxygen atoms in total. The number of carbonyl (C=O) groups excluding carboxylic acids is 1. The number of rotatable bonds is 5. The Kier molecular flexibility index (Phi) is 4.37. The number of nitrogens with zero attached hydrogens (tertiary/aromatic N) is 3. The summed E-state index contributed by atoms with van der Waals surface area (Å²) in [5.74, 6) is 0.784. The predicted octanol–water partition coefficient (Wildman–Crippen LogP) is 0.366. The van der Waals surface area contributed by atoms with E-state index in [4.69, 9.17) is 5.73 Å². The Labute approximate surface area is 102 Å². The molecular formula is C11H21N5O. The molecule has 17 heavy (non-hydrogen) atoms. The van der Waals surface area contributed by atoms with Gasteiger partial charge in [-0.25, -0.2) is 4.68 Å². The molecule has 0 aliphatic heterocycles. The Morgan fingerprint density at radius 1 is 1.53 bits per heavy atom. The molecule has 0 aromatic carbocycles. The van der Waals surface area contributed by atoms with Gasteiger partial charge in [-0.3, -0.25) is 4.79 Å². The van der Waals surface area contributed by atoms with E-state index in [0.29, 0.717) is 12.2 Å². The average Bonchev–Trinajstić information content (AvgIpc) is 2.55. The zero-order chi connectivity index (χ0) is 13.0. The van der Waals surface area contributed by atoms with E-state index in [1.54, 1.807) is 0 Å². The van der Waals surface area contributed by atoms with Gasteiger partial charge in [-0.05, 0) is 20.8 Å². The van der Waals surface area contributed by atoms with Gasteiger partial charge < -0.3 is 16.0 Å². The minimum Gasteiger partial charge on any atom is -0.394 e. The molecule has 1 aromatic heterocycles. The minimum absolute atomic E-state index is 0.0177. The summed E-state index contributed by atoms with van der Waals surface area (Å²) in [6.45, 7) is 7.40. The molecule has 0 radical (unpaired) electrons. The van der Waals surface area contributed by atoms with E-state index in [0.717, 1.165) is 18.1 Å². The molecule has 1 amide bonds. The van der Waals surface area contributed by atoms with Gasteiger partial charge in [0.25, 0.3) is 0 Å². The monoisotopic (exact) mass is 239 g/mol. The van der Waals surface area contributed by atoms with Crippen molar-refractivity contribution in [3.8, 4) is 0 Å². The normalized spacial score (nSPS) is 10.4. The maximum absolute atomic E-state index is 11.5. The summed E-state index contributed by atoms with van der Waals surface area (Å²) in [5.41, 5.74) is 7.41. The lowest BCUT2D eigenvalue weighted by atomic mass is 10.3. The maximum Gasteiger partial charge on any atom is 0.239 e. The van der Waals surface area contributed by atoms with Crippen LogP contribution in [0.1, 0.15) is 19.5 Å². The Balaban J connectivity index is 2.87. The number of likely N-dealkylation sites (N-methyl/N-ethyl adjacent to an activating group) is 2. The highest BCUT2D eigenvalue weighted by Gasteiger charge is 2.17. The first-order chi connectivity index (χ1) is 8.01. The molecule has 0 fully saturated rings. The molecule has 0 saturated carbocycles. The summed E-state index contributed by atoms with van der Waals surface area (Å²) < 4.78 is 1.81. The molecule has 1 aromatic rings. The van der Waals surface area contributed by atoms with E-state index in [9.17, 15) is 4.79 Å².